The van der Waals surface area contributed by atoms with Gasteiger partial charge in [-0.1, -0.05) is 5.16 Å². The minimum absolute atomic E-state index is 0. The van der Waals surface area contributed by atoms with Gasteiger partial charge in [0.1, 0.15) is 24.2 Å². The standard InChI is InChI=1S/C18H17N5O7S2.Na/c1-29-22-10(9-6-32-18(19)20-9)13(24)21-11-14(25)23-12(16(26)27)8(5-31-15(11)23)4-7-2-3-30-17(7)28;/h4,6,11,15H,2-3,5H2,1H3,(H2,19,20)(H,21,24)(H,26,27);/q;+1/p-1/b7-4+,22-10-;/t11-,15+;/m1./s1. The Kier molecular flexibility index (Phi) is 7.84. The number of carboxylic acids is 1. The van der Waals surface area contributed by atoms with Crippen molar-refractivity contribution in [3.05, 3.63) is 34.0 Å². The summed E-state index contributed by atoms with van der Waals surface area (Å²) in [6.45, 7) is 0.223. The number of oxime groups is 1. The van der Waals surface area contributed by atoms with Crippen molar-refractivity contribution in [2.45, 2.75) is 17.8 Å². The first-order valence-corrected chi connectivity index (χ1v) is 11.1. The number of anilines is 1. The number of thiazole rings is 1. The fourth-order valence-corrected chi connectivity index (χ4v) is 5.29. The second kappa shape index (κ2) is 10.3. The molecule has 3 aliphatic rings. The summed E-state index contributed by atoms with van der Waals surface area (Å²) < 4.78 is 4.87. The van der Waals surface area contributed by atoms with Crippen molar-refractivity contribution in [3.8, 4) is 0 Å². The van der Waals surface area contributed by atoms with Crippen molar-refractivity contribution < 1.29 is 63.4 Å². The number of carbonyl (C=O) groups is 4. The summed E-state index contributed by atoms with van der Waals surface area (Å²) in [7, 11) is 1.25. The third-order valence-electron chi connectivity index (χ3n) is 4.86. The zero-order valence-corrected chi connectivity index (χ0v) is 21.2. The molecule has 0 aromatic carbocycles. The summed E-state index contributed by atoms with van der Waals surface area (Å²) in [5.41, 5.74) is 5.89. The number of carboxylic acid groups (broad SMARTS) is 1. The molecular weight excluding hydrogens is 485 g/mol. The third-order valence-corrected chi connectivity index (χ3v) is 6.83. The Morgan fingerprint density at radius 1 is 1.45 bits per heavy atom. The summed E-state index contributed by atoms with van der Waals surface area (Å²) in [6, 6.07) is -0.995. The summed E-state index contributed by atoms with van der Waals surface area (Å²) in [4.78, 5) is 58.8. The molecule has 2 amide bonds. The van der Waals surface area contributed by atoms with E-state index in [0.29, 0.717) is 12.0 Å². The summed E-state index contributed by atoms with van der Waals surface area (Å²) in [6.07, 6.45) is 1.78. The van der Waals surface area contributed by atoms with Crippen molar-refractivity contribution in [2.75, 3.05) is 25.2 Å². The van der Waals surface area contributed by atoms with Crippen LogP contribution in [-0.2, 0) is 28.8 Å². The largest absolute Gasteiger partial charge is 1.00 e. The van der Waals surface area contributed by atoms with Gasteiger partial charge in [-0.3, -0.25) is 14.5 Å². The van der Waals surface area contributed by atoms with Gasteiger partial charge < -0.3 is 30.5 Å². The van der Waals surface area contributed by atoms with Crippen LogP contribution < -0.4 is 45.7 Å². The molecule has 3 aliphatic heterocycles. The van der Waals surface area contributed by atoms with Crippen molar-refractivity contribution in [3.63, 3.8) is 0 Å². The average molecular weight is 501 g/mol. The van der Waals surface area contributed by atoms with Gasteiger partial charge >= 0.3 is 35.5 Å². The van der Waals surface area contributed by atoms with Gasteiger partial charge in [-0.25, -0.2) is 9.78 Å². The number of nitrogens with zero attached hydrogens (tertiary/aromatic N) is 3. The van der Waals surface area contributed by atoms with Crippen molar-refractivity contribution in [2.24, 2.45) is 5.16 Å². The van der Waals surface area contributed by atoms with E-state index in [9.17, 15) is 24.3 Å². The van der Waals surface area contributed by atoms with Crippen LogP contribution in [0.1, 0.15) is 12.1 Å². The van der Waals surface area contributed by atoms with Gasteiger partial charge in [-0.15, -0.1) is 23.1 Å². The van der Waals surface area contributed by atoms with Gasteiger partial charge in [0, 0.05) is 23.1 Å². The number of aliphatic carboxylic acids is 1. The quantitative estimate of drug-likeness (QED) is 0.0962. The minimum atomic E-state index is -1.55. The van der Waals surface area contributed by atoms with Crippen molar-refractivity contribution in [1.82, 2.24) is 15.2 Å². The monoisotopic (exact) mass is 501 g/mol. The van der Waals surface area contributed by atoms with Gasteiger partial charge in [-0.05, 0) is 11.6 Å². The number of aromatic nitrogens is 1. The molecule has 2 atom stereocenters. The molecule has 0 radical (unpaired) electrons. The van der Waals surface area contributed by atoms with Crippen LogP contribution in [0.15, 0.2) is 33.5 Å². The number of hydrogen-bond donors (Lipinski definition) is 2. The first kappa shape index (κ1) is 25.2. The van der Waals surface area contributed by atoms with Crippen LogP contribution in [0.3, 0.4) is 0 Å². The van der Waals surface area contributed by atoms with E-state index in [1.54, 1.807) is 0 Å². The number of ether oxygens (including phenoxy) is 1. The maximum atomic E-state index is 12.8. The van der Waals surface area contributed by atoms with Crippen LogP contribution in [0.25, 0.3) is 0 Å². The van der Waals surface area contributed by atoms with Crippen LogP contribution in [0.2, 0.25) is 0 Å². The fourth-order valence-electron chi connectivity index (χ4n) is 3.43. The van der Waals surface area contributed by atoms with Crippen LogP contribution in [0.5, 0.6) is 0 Å². The first-order chi connectivity index (χ1) is 15.3. The number of nitrogen functional groups attached to an aromatic ring is 1. The number of nitrogens with one attached hydrogen (secondary N) is 1. The topological polar surface area (TPSA) is 176 Å². The number of allylic oxidation sites excluding steroid dienone is 1. The average Bonchev–Trinajstić information content (AvgIpc) is 3.37. The van der Waals surface area contributed by atoms with E-state index in [-0.39, 0.29) is 69.7 Å². The molecule has 2 saturated heterocycles. The molecule has 0 aliphatic carbocycles. The number of hydrogen-bond acceptors (Lipinski definition) is 12. The molecule has 15 heteroatoms. The molecule has 0 spiro atoms. The Hall–Kier alpha value is -2.39. The van der Waals surface area contributed by atoms with Gasteiger partial charge in [0.25, 0.3) is 11.8 Å². The number of carbonyl (C=O) groups excluding carboxylic acids is 4. The molecule has 3 N–H and O–H groups in total. The van der Waals surface area contributed by atoms with E-state index < -0.39 is 35.2 Å². The number of nitrogens with two attached hydrogens (primary N) is 1. The van der Waals surface area contributed by atoms with E-state index in [0.717, 1.165) is 16.2 Å². The molecule has 2 fully saturated rings. The Bertz CT molecular complexity index is 1120. The number of cyclic esters (lactones) is 1. The van der Waals surface area contributed by atoms with E-state index >= 15 is 0 Å². The third kappa shape index (κ3) is 4.80. The minimum Gasteiger partial charge on any atom is -0.543 e. The predicted octanol–water partition coefficient (Wildman–Crippen LogP) is -4.64. The molecule has 33 heavy (non-hydrogen) atoms. The van der Waals surface area contributed by atoms with Crippen LogP contribution in [0, 0.1) is 0 Å². The van der Waals surface area contributed by atoms with Crippen LogP contribution >= 0.6 is 23.1 Å². The molecule has 168 valence electrons. The maximum absolute atomic E-state index is 12.8. The molecule has 0 saturated carbocycles. The molecular formula is C18H16N5NaO7S2. The van der Waals surface area contributed by atoms with Crippen molar-refractivity contribution in [1.29, 1.82) is 0 Å². The number of esters is 1. The second-order valence-electron chi connectivity index (χ2n) is 6.77. The van der Waals surface area contributed by atoms with Gasteiger partial charge in [0.15, 0.2) is 10.8 Å². The van der Waals surface area contributed by atoms with Gasteiger partial charge in [0.2, 0.25) is 0 Å². The molecule has 1 aromatic rings. The number of amides is 2. The Morgan fingerprint density at radius 3 is 2.79 bits per heavy atom. The zero-order chi connectivity index (χ0) is 23.0. The molecule has 4 heterocycles. The number of fused-ring (bicyclic) bond motifs is 1. The normalized spacial score (nSPS) is 23.5. The number of β-lactam (4-membered cyclic amide) rings is 1. The summed E-state index contributed by atoms with van der Waals surface area (Å²) in [5, 5.41) is 19.1. The molecule has 4 rings (SSSR count). The fraction of sp³-hybridized carbons (Fsp3) is 0.333. The van der Waals surface area contributed by atoms with Gasteiger partial charge in [-0.2, -0.15) is 0 Å². The van der Waals surface area contributed by atoms with Crippen molar-refractivity contribution >= 4 is 57.7 Å². The van der Waals surface area contributed by atoms with Gasteiger partial charge in [0.05, 0.1) is 18.3 Å². The van der Waals surface area contributed by atoms with E-state index in [4.69, 9.17) is 15.3 Å². The smallest absolute Gasteiger partial charge is 0.543 e. The van der Waals surface area contributed by atoms with E-state index in [2.05, 4.69) is 15.5 Å². The molecule has 0 bridgehead atoms. The van der Waals surface area contributed by atoms with Crippen LogP contribution in [0.4, 0.5) is 5.13 Å². The Labute approximate surface area is 217 Å². The SMILES string of the molecule is CO/N=C(\C(=O)N[C@@H]1C(=O)N2C(C(=O)[O-])=C(/C=C3\CCOC3=O)CS[C@@H]12)c1csc(N)n1.[Na+]. The molecule has 12 nitrogen and oxygen atoms in total. The Balaban J connectivity index is 0.00000306. The zero-order valence-electron chi connectivity index (χ0n) is 17.5. The first-order valence-electron chi connectivity index (χ1n) is 9.22. The van der Waals surface area contributed by atoms with E-state index in [1.165, 1.54) is 30.3 Å². The predicted molar refractivity (Wildman–Crippen MR) is 111 cm³/mol. The van der Waals surface area contributed by atoms with Crippen LogP contribution in [-0.4, -0.2) is 70.2 Å². The number of rotatable bonds is 6. The Morgan fingerprint density at radius 2 is 2.21 bits per heavy atom. The second-order valence-corrected chi connectivity index (χ2v) is 8.77. The summed E-state index contributed by atoms with van der Waals surface area (Å²) in [5.74, 6) is -3.23. The molecule has 1 aromatic heterocycles. The maximum Gasteiger partial charge on any atom is 1.00 e. The number of thioether (sulfide) groups is 1. The van der Waals surface area contributed by atoms with E-state index in [1.807, 2.05) is 0 Å². The summed E-state index contributed by atoms with van der Waals surface area (Å²) >= 11 is 2.35. The molecule has 0 unspecified atom stereocenters.